The molecule has 0 saturated heterocycles. The lowest BCUT2D eigenvalue weighted by atomic mass is 10.2. The summed E-state index contributed by atoms with van der Waals surface area (Å²) in [7, 11) is 1.36. The average molecular weight is 245 g/mol. The Morgan fingerprint density at radius 1 is 1.67 bits per heavy atom. The van der Waals surface area contributed by atoms with E-state index >= 15 is 0 Å². The zero-order valence-electron chi connectivity index (χ0n) is 10.3. The van der Waals surface area contributed by atoms with Crippen molar-refractivity contribution in [2.75, 3.05) is 18.6 Å². The third kappa shape index (κ3) is 2.59. The fourth-order valence-corrected chi connectivity index (χ4v) is 1.91. The Hall–Kier alpha value is -2.09. The van der Waals surface area contributed by atoms with Crippen LogP contribution in [-0.2, 0) is 4.74 Å². The number of methoxy groups -OCH3 is 1. The molecule has 0 aliphatic heterocycles. The Kier molecular flexibility index (Phi) is 3.78. The molecule has 1 aromatic heterocycles. The number of nitrogens with zero attached hydrogens (tertiary/aromatic N) is 3. The summed E-state index contributed by atoms with van der Waals surface area (Å²) in [5.41, 5.74) is 0.463. The van der Waals surface area contributed by atoms with E-state index in [0.29, 0.717) is 30.4 Å². The Bertz CT molecular complexity index is 477. The van der Waals surface area contributed by atoms with E-state index in [2.05, 4.69) is 11.1 Å². The second kappa shape index (κ2) is 5.50. The normalized spacial score (nSPS) is 13.8. The van der Waals surface area contributed by atoms with Crippen molar-refractivity contribution in [2.24, 2.45) is 0 Å². The van der Waals surface area contributed by atoms with Crippen molar-refractivity contribution in [1.82, 2.24) is 4.98 Å². The van der Waals surface area contributed by atoms with Gasteiger partial charge in [0.1, 0.15) is 11.4 Å². The summed E-state index contributed by atoms with van der Waals surface area (Å²) in [6.07, 6.45) is 4.25. The second-order valence-electron chi connectivity index (χ2n) is 4.20. The van der Waals surface area contributed by atoms with E-state index in [9.17, 15) is 4.79 Å². The third-order valence-corrected chi connectivity index (χ3v) is 2.92. The molecule has 0 amide bonds. The predicted molar refractivity (Wildman–Crippen MR) is 66.2 cm³/mol. The molecule has 1 heterocycles. The van der Waals surface area contributed by atoms with Crippen molar-refractivity contribution in [3.63, 3.8) is 0 Å². The number of hydrogen-bond donors (Lipinski definition) is 0. The minimum absolute atomic E-state index is 0.388. The number of carbonyl (C=O) groups is 1. The lowest BCUT2D eigenvalue weighted by Crippen LogP contribution is -2.29. The highest BCUT2D eigenvalue weighted by molar-refractivity contribution is 5.94. The number of nitriles is 1. The monoisotopic (exact) mass is 245 g/mol. The molecule has 5 nitrogen and oxygen atoms in total. The van der Waals surface area contributed by atoms with Crippen LogP contribution >= 0.6 is 0 Å². The van der Waals surface area contributed by atoms with E-state index in [0.717, 1.165) is 12.8 Å². The van der Waals surface area contributed by atoms with E-state index in [-0.39, 0.29) is 5.97 Å². The number of carbonyl (C=O) groups excluding carboxylic acids is 1. The number of hydrogen-bond acceptors (Lipinski definition) is 5. The first-order valence-electron chi connectivity index (χ1n) is 5.95. The lowest BCUT2D eigenvalue weighted by Gasteiger charge is -2.23. The van der Waals surface area contributed by atoms with Crippen LogP contribution < -0.4 is 4.90 Å². The van der Waals surface area contributed by atoms with Crippen LogP contribution in [0.15, 0.2) is 18.3 Å². The van der Waals surface area contributed by atoms with E-state index in [1.807, 2.05) is 4.90 Å². The summed E-state index contributed by atoms with van der Waals surface area (Å²) in [5.74, 6) is 0.239. The SMILES string of the molecule is COC(=O)c1cccnc1N(CCC#N)C1CC1. The molecule has 1 aliphatic rings. The van der Waals surface area contributed by atoms with Crippen LogP contribution in [0.1, 0.15) is 29.6 Å². The number of pyridine rings is 1. The molecule has 18 heavy (non-hydrogen) atoms. The van der Waals surface area contributed by atoms with Crippen molar-refractivity contribution in [2.45, 2.75) is 25.3 Å². The van der Waals surface area contributed by atoms with E-state index in [1.54, 1.807) is 18.3 Å². The maximum Gasteiger partial charge on any atom is 0.341 e. The fourth-order valence-electron chi connectivity index (χ4n) is 1.91. The molecule has 1 aliphatic carbocycles. The van der Waals surface area contributed by atoms with Gasteiger partial charge in [-0.25, -0.2) is 9.78 Å². The van der Waals surface area contributed by atoms with Gasteiger partial charge in [-0.05, 0) is 25.0 Å². The number of aromatic nitrogens is 1. The highest BCUT2D eigenvalue weighted by Gasteiger charge is 2.32. The van der Waals surface area contributed by atoms with Gasteiger partial charge < -0.3 is 9.64 Å². The van der Waals surface area contributed by atoms with Crippen molar-refractivity contribution >= 4 is 11.8 Å². The maximum atomic E-state index is 11.7. The van der Waals surface area contributed by atoms with Crippen LogP contribution in [0.25, 0.3) is 0 Å². The fraction of sp³-hybridized carbons (Fsp3) is 0.462. The first-order valence-corrected chi connectivity index (χ1v) is 5.95. The van der Waals surface area contributed by atoms with Gasteiger partial charge in [0, 0.05) is 18.8 Å². The minimum atomic E-state index is -0.388. The Labute approximate surface area is 106 Å². The second-order valence-corrected chi connectivity index (χ2v) is 4.20. The zero-order chi connectivity index (χ0) is 13.0. The molecule has 0 unspecified atom stereocenters. The average Bonchev–Trinajstić information content (AvgIpc) is 3.23. The van der Waals surface area contributed by atoms with E-state index < -0.39 is 0 Å². The molecule has 0 bridgehead atoms. The van der Waals surface area contributed by atoms with Gasteiger partial charge in [0.25, 0.3) is 0 Å². The summed E-state index contributed by atoms with van der Waals surface area (Å²) in [5, 5.41) is 8.70. The highest BCUT2D eigenvalue weighted by atomic mass is 16.5. The van der Waals surface area contributed by atoms with Gasteiger partial charge >= 0.3 is 5.97 Å². The summed E-state index contributed by atoms with van der Waals surface area (Å²) in [6.45, 7) is 0.599. The molecule has 5 heteroatoms. The van der Waals surface area contributed by atoms with Crippen LogP contribution in [0.4, 0.5) is 5.82 Å². The summed E-state index contributed by atoms with van der Waals surface area (Å²) < 4.78 is 4.76. The largest absolute Gasteiger partial charge is 0.465 e. The summed E-state index contributed by atoms with van der Waals surface area (Å²) in [6, 6.07) is 5.95. The van der Waals surface area contributed by atoms with Gasteiger partial charge in [0.15, 0.2) is 0 Å². The van der Waals surface area contributed by atoms with Gasteiger partial charge in [-0.3, -0.25) is 0 Å². The molecule has 1 aromatic rings. The van der Waals surface area contributed by atoms with Gasteiger partial charge in [-0.15, -0.1) is 0 Å². The number of anilines is 1. The lowest BCUT2D eigenvalue weighted by molar-refractivity contribution is 0.0601. The van der Waals surface area contributed by atoms with E-state index in [1.165, 1.54) is 7.11 Å². The quantitative estimate of drug-likeness (QED) is 0.739. The highest BCUT2D eigenvalue weighted by Crippen LogP contribution is 2.32. The number of rotatable bonds is 5. The smallest absolute Gasteiger partial charge is 0.341 e. The zero-order valence-corrected chi connectivity index (χ0v) is 10.3. The number of ether oxygens (including phenoxy) is 1. The van der Waals surface area contributed by atoms with Crippen molar-refractivity contribution in [1.29, 1.82) is 5.26 Å². The van der Waals surface area contributed by atoms with Crippen LogP contribution in [0.3, 0.4) is 0 Å². The third-order valence-electron chi connectivity index (χ3n) is 2.92. The molecular formula is C13H15N3O2. The molecule has 0 atom stereocenters. The molecule has 0 radical (unpaired) electrons. The summed E-state index contributed by atoms with van der Waals surface area (Å²) >= 11 is 0. The molecule has 0 aromatic carbocycles. The van der Waals surface area contributed by atoms with Crippen LogP contribution in [0.2, 0.25) is 0 Å². The molecule has 94 valence electrons. The maximum absolute atomic E-state index is 11.7. The van der Waals surface area contributed by atoms with Crippen LogP contribution in [0.5, 0.6) is 0 Å². The molecule has 2 rings (SSSR count). The van der Waals surface area contributed by atoms with E-state index in [4.69, 9.17) is 10.00 Å². The predicted octanol–water partition coefficient (Wildman–Crippen LogP) is 1.75. The first-order chi connectivity index (χ1) is 8.77. The standard InChI is InChI=1S/C13H15N3O2/c1-18-13(17)11-4-2-8-15-12(11)16(9-3-7-14)10-5-6-10/h2,4,8,10H,3,5-6,9H2,1H3. The van der Waals surface area contributed by atoms with Crippen molar-refractivity contribution < 1.29 is 9.53 Å². The van der Waals surface area contributed by atoms with Gasteiger partial charge in [-0.2, -0.15) is 5.26 Å². The van der Waals surface area contributed by atoms with Crippen molar-refractivity contribution in [3.8, 4) is 6.07 Å². The number of esters is 1. The molecule has 0 N–H and O–H groups in total. The van der Waals surface area contributed by atoms with Crippen LogP contribution in [-0.4, -0.2) is 30.6 Å². The molecule has 1 saturated carbocycles. The first kappa shape index (κ1) is 12.4. The van der Waals surface area contributed by atoms with Crippen LogP contribution in [0, 0.1) is 11.3 Å². The topological polar surface area (TPSA) is 66.2 Å². The Morgan fingerprint density at radius 3 is 3.06 bits per heavy atom. The Morgan fingerprint density at radius 2 is 2.44 bits per heavy atom. The Balaban J connectivity index is 2.29. The molecular weight excluding hydrogens is 230 g/mol. The van der Waals surface area contributed by atoms with Gasteiger partial charge in [0.2, 0.25) is 0 Å². The van der Waals surface area contributed by atoms with Crippen molar-refractivity contribution in [3.05, 3.63) is 23.9 Å². The van der Waals surface area contributed by atoms with Gasteiger partial charge in [0.05, 0.1) is 19.6 Å². The minimum Gasteiger partial charge on any atom is -0.465 e. The summed E-state index contributed by atoms with van der Waals surface area (Å²) in [4.78, 5) is 18.0. The molecule has 1 fully saturated rings. The molecule has 0 spiro atoms. The van der Waals surface area contributed by atoms with Gasteiger partial charge in [-0.1, -0.05) is 0 Å².